The van der Waals surface area contributed by atoms with E-state index >= 15 is 0 Å². The minimum absolute atomic E-state index is 0.0153. The molecule has 0 aromatic heterocycles. The molecule has 0 aliphatic heterocycles. The maximum absolute atomic E-state index is 11.5. The molecule has 1 saturated carbocycles. The quantitative estimate of drug-likeness (QED) is 0.617. The molecule has 2 nitrogen and oxygen atoms in total. The lowest BCUT2D eigenvalue weighted by molar-refractivity contribution is -0.154. The predicted molar refractivity (Wildman–Crippen MR) is 52.4 cm³/mol. The van der Waals surface area contributed by atoms with Crippen LogP contribution in [-0.4, -0.2) is 12.1 Å². The molecule has 0 spiro atoms. The first kappa shape index (κ1) is 10.6. The van der Waals surface area contributed by atoms with Crippen LogP contribution in [0.25, 0.3) is 0 Å². The molecule has 2 heteroatoms. The van der Waals surface area contributed by atoms with Gasteiger partial charge in [0.25, 0.3) is 0 Å². The van der Waals surface area contributed by atoms with Crippen molar-refractivity contribution in [2.75, 3.05) is 0 Å². The fourth-order valence-corrected chi connectivity index (χ4v) is 1.98. The maximum Gasteiger partial charge on any atom is 0.309 e. The third-order valence-electron chi connectivity index (χ3n) is 2.62. The van der Waals surface area contributed by atoms with Crippen LogP contribution in [0.4, 0.5) is 0 Å². The molecule has 76 valence electrons. The van der Waals surface area contributed by atoms with Gasteiger partial charge in [0.1, 0.15) is 0 Å². The van der Waals surface area contributed by atoms with E-state index in [4.69, 9.17) is 4.74 Å². The summed E-state index contributed by atoms with van der Waals surface area (Å²) in [4.78, 5) is 11.5. The van der Waals surface area contributed by atoms with Crippen molar-refractivity contribution in [1.29, 1.82) is 0 Å². The molecule has 0 bridgehead atoms. The minimum Gasteiger partial charge on any atom is -0.463 e. The highest BCUT2D eigenvalue weighted by molar-refractivity contribution is 5.72. The van der Waals surface area contributed by atoms with E-state index in [1.54, 1.807) is 0 Å². The van der Waals surface area contributed by atoms with E-state index in [0.29, 0.717) is 5.92 Å². The Labute approximate surface area is 80.7 Å². The molecule has 0 aromatic rings. The Bertz CT molecular complexity index is 175. The molecule has 0 aromatic carbocycles. The lowest BCUT2D eigenvalue weighted by atomic mass is 9.82. The summed E-state index contributed by atoms with van der Waals surface area (Å²) in [5.74, 6) is 0.881. The molecular formula is C11H20O2. The Morgan fingerprint density at radius 3 is 2.62 bits per heavy atom. The maximum atomic E-state index is 11.5. The van der Waals surface area contributed by atoms with Crippen LogP contribution < -0.4 is 0 Å². The summed E-state index contributed by atoms with van der Waals surface area (Å²) in [5, 5.41) is 0. The molecular weight excluding hydrogens is 164 g/mol. The van der Waals surface area contributed by atoms with Crippen LogP contribution >= 0.6 is 0 Å². The number of rotatable bonds is 2. The van der Waals surface area contributed by atoms with Crippen LogP contribution in [0.1, 0.15) is 46.5 Å². The van der Waals surface area contributed by atoms with Crippen molar-refractivity contribution in [3.63, 3.8) is 0 Å². The Hall–Kier alpha value is -0.530. The lowest BCUT2D eigenvalue weighted by Crippen LogP contribution is -2.25. The molecule has 1 aliphatic rings. The average Bonchev–Trinajstić information content (AvgIpc) is 2.03. The topological polar surface area (TPSA) is 26.3 Å². The number of hydrogen-bond acceptors (Lipinski definition) is 2. The SMILES string of the molecule is CC1CCCC(C(=O)OC(C)C)C1. The summed E-state index contributed by atoms with van der Waals surface area (Å²) in [6, 6.07) is 0. The molecule has 1 aliphatic carbocycles. The summed E-state index contributed by atoms with van der Waals surface area (Å²) >= 11 is 0. The van der Waals surface area contributed by atoms with Gasteiger partial charge in [-0.3, -0.25) is 4.79 Å². The second-order valence-electron chi connectivity index (χ2n) is 4.45. The van der Waals surface area contributed by atoms with Crippen LogP contribution in [0.5, 0.6) is 0 Å². The van der Waals surface area contributed by atoms with Crippen LogP contribution in [-0.2, 0) is 9.53 Å². The predicted octanol–water partition coefficient (Wildman–Crippen LogP) is 2.76. The third kappa shape index (κ3) is 3.37. The molecule has 0 radical (unpaired) electrons. The first-order valence-corrected chi connectivity index (χ1v) is 5.30. The first-order chi connectivity index (χ1) is 6.09. The zero-order valence-corrected chi connectivity index (χ0v) is 8.88. The van der Waals surface area contributed by atoms with E-state index in [9.17, 15) is 4.79 Å². The van der Waals surface area contributed by atoms with Crippen molar-refractivity contribution >= 4 is 5.97 Å². The monoisotopic (exact) mass is 184 g/mol. The number of esters is 1. The van der Waals surface area contributed by atoms with Crippen molar-refractivity contribution in [3.8, 4) is 0 Å². The van der Waals surface area contributed by atoms with Crippen molar-refractivity contribution in [2.24, 2.45) is 11.8 Å². The van der Waals surface area contributed by atoms with Gasteiger partial charge in [0.2, 0.25) is 0 Å². The number of ether oxygens (including phenoxy) is 1. The highest BCUT2D eigenvalue weighted by Gasteiger charge is 2.26. The number of carbonyl (C=O) groups is 1. The molecule has 0 amide bonds. The van der Waals surface area contributed by atoms with E-state index in [2.05, 4.69) is 6.92 Å². The number of hydrogen-bond donors (Lipinski definition) is 0. The lowest BCUT2D eigenvalue weighted by Gasteiger charge is -2.25. The second kappa shape index (κ2) is 4.64. The van der Waals surface area contributed by atoms with Crippen molar-refractivity contribution in [3.05, 3.63) is 0 Å². The van der Waals surface area contributed by atoms with Gasteiger partial charge in [-0.05, 0) is 32.6 Å². The van der Waals surface area contributed by atoms with Crippen LogP contribution in [0.15, 0.2) is 0 Å². The van der Waals surface area contributed by atoms with Gasteiger partial charge in [-0.25, -0.2) is 0 Å². The Morgan fingerprint density at radius 1 is 1.38 bits per heavy atom. The Kier molecular flexibility index (Phi) is 3.76. The van der Waals surface area contributed by atoms with E-state index in [1.165, 1.54) is 12.8 Å². The molecule has 2 atom stereocenters. The van der Waals surface area contributed by atoms with Gasteiger partial charge in [-0.1, -0.05) is 19.8 Å². The Balaban J connectivity index is 2.37. The molecule has 0 heterocycles. The third-order valence-corrected chi connectivity index (χ3v) is 2.62. The van der Waals surface area contributed by atoms with Crippen LogP contribution in [0, 0.1) is 11.8 Å². The summed E-state index contributed by atoms with van der Waals surface area (Å²) in [5.41, 5.74) is 0. The molecule has 13 heavy (non-hydrogen) atoms. The normalized spacial score (nSPS) is 28.9. The summed E-state index contributed by atoms with van der Waals surface area (Å²) in [6.07, 6.45) is 4.52. The minimum atomic E-state index is 0.0153. The van der Waals surface area contributed by atoms with Crippen LogP contribution in [0.3, 0.4) is 0 Å². The summed E-state index contributed by atoms with van der Waals surface area (Å²) in [7, 11) is 0. The fourth-order valence-electron chi connectivity index (χ4n) is 1.98. The van der Waals surface area contributed by atoms with Crippen molar-refractivity contribution < 1.29 is 9.53 Å². The van der Waals surface area contributed by atoms with E-state index in [-0.39, 0.29) is 18.0 Å². The largest absolute Gasteiger partial charge is 0.463 e. The van der Waals surface area contributed by atoms with Gasteiger partial charge in [0.15, 0.2) is 0 Å². The van der Waals surface area contributed by atoms with Gasteiger partial charge in [-0.2, -0.15) is 0 Å². The highest BCUT2D eigenvalue weighted by Crippen LogP contribution is 2.29. The molecule has 1 fully saturated rings. The van der Waals surface area contributed by atoms with E-state index in [0.717, 1.165) is 12.8 Å². The second-order valence-corrected chi connectivity index (χ2v) is 4.45. The average molecular weight is 184 g/mol. The van der Waals surface area contributed by atoms with Gasteiger partial charge < -0.3 is 4.74 Å². The zero-order valence-electron chi connectivity index (χ0n) is 8.88. The molecule has 1 rings (SSSR count). The Morgan fingerprint density at radius 2 is 2.08 bits per heavy atom. The fraction of sp³-hybridized carbons (Fsp3) is 0.909. The van der Waals surface area contributed by atoms with E-state index < -0.39 is 0 Å². The van der Waals surface area contributed by atoms with E-state index in [1.807, 2.05) is 13.8 Å². The smallest absolute Gasteiger partial charge is 0.309 e. The van der Waals surface area contributed by atoms with Gasteiger partial charge >= 0.3 is 5.97 Å². The summed E-state index contributed by atoms with van der Waals surface area (Å²) in [6.45, 7) is 6.03. The molecule has 2 unspecified atom stereocenters. The summed E-state index contributed by atoms with van der Waals surface area (Å²) < 4.78 is 5.20. The van der Waals surface area contributed by atoms with Crippen molar-refractivity contribution in [2.45, 2.75) is 52.6 Å². The van der Waals surface area contributed by atoms with Gasteiger partial charge in [0, 0.05) is 0 Å². The highest BCUT2D eigenvalue weighted by atomic mass is 16.5. The van der Waals surface area contributed by atoms with Crippen molar-refractivity contribution in [1.82, 2.24) is 0 Å². The first-order valence-electron chi connectivity index (χ1n) is 5.30. The number of carbonyl (C=O) groups excluding carboxylic acids is 1. The van der Waals surface area contributed by atoms with Gasteiger partial charge in [0.05, 0.1) is 12.0 Å². The van der Waals surface area contributed by atoms with Gasteiger partial charge in [-0.15, -0.1) is 0 Å². The molecule has 0 N–H and O–H groups in total. The standard InChI is InChI=1S/C11H20O2/c1-8(2)13-11(12)10-6-4-5-9(3)7-10/h8-10H,4-7H2,1-3H3. The van der Waals surface area contributed by atoms with Crippen LogP contribution in [0.2, 0.25) is 0 Å². The zero-order chi connectivity index (χ0) is 9.84. The molecule has 0 saturated heterocycles.